The van der Waals surface area contributed by atoms with E-state index in [2.05, 4.69) is 5.32 Å². The molecule has 1 aliphatic carbocycles. The lowest BCUT2D eigenvalue weighted by molar-refractivity contribution is -0.121. The van der Waals surface area contributed by atoms with E-state index in [1.54, 1.807) is 12.1 Å². The molecule has 2 aliphatic rings. The van der Waals surface area contributed by atoms with Gasteiger partial charge in [0, 0.05) is 6.04 Å². The van der Waals surface area contributed by atoms with Crippen LogP contribution in [0, 0.1) is 0 Å². The summed E-state index contributed by atoms with van der Waals surface area (Å²) in [5, 5.41) is 3.39. The molecule has 1 saturated heterocycles. The number of anilines is 1. The molecule has 1 atom stereocenters. The monoisotopic (exact) mass is 272 g/mol. The molecule has 0 unspecified atom stereocenters. The maximum Gasteiger partial charge on any atom is 0.251 e. The van der Waals surface area contributed by atoms with Gasteiger partial charge in [0.15, 0.2) is 0 Å². The van der Waals surface area contributed by atoms with Gasteiger partial charge in [-0.3, -0.25) is 9.59 Å². The summed E-state index contributed by atoms with van der Waals surface area (Å²) in [5.74, 6) is -0.207. The maximum absolute atomic E-state index is 12.4. The van der Waals surface area contributed by atoms with Gasteiger partial charge in [0.05, 0.1) is 18.2 Å². The van der Waals surface area contributed by atoms with E-state index < -0.39 is 0 Å². The molecule has 2 amide bonds. The van der Waals surface area contributed by atoms with E-state index in [1.165, 1.54) is 24.2 Å². The number of rotatable bonds is 3. The molecule has 0 radical (unpaired) electrons. The van der Waals surface area contributed by atoms with Crippen molar-refractivity contribution in [1.29, 1.82) is 0 Å². The van der Waals surface area contributed by atoms with Crippen LogP contribution < -0.4 is 10.2 Å². The van der Waals surface area contributed by atoms with E-state index in [1.807, 2.05) is 18.2 Å². The Balaban J connectivity index is 1.70. The van der Waals surface area contributed by atoms with E-state index in [0.717, 1.165) is 12.8 Å². The van der Waals surface area contributed by atoms with Gasteiger partial charge in [0.25, 0.3) is 5.91 Å². The van der Waals surface area contributed by atoms with E-state index in [-0.39, 0.29) is 24.3 Å². The number of imide groups is 1. The van der Waals surface area contributed by atoms with Crippen molar-refractivity contribution < 1.29 is 9.59 Å². The summed E-state index contributed by atoms with van der Waals surface area (Å²) < 4.78 is 0. The van der Waals surface area contributed by atoms with Crippen LogP contribution in [0.2, 0.25) is 0 Å². The number of carbonyl (C=O) groups excluding carboxylic acids is 2. The fourth-order valence-electron chi connectivity index (χ4n) is 3.16. The summed E-state index contributed by atoms with van der Waals surface area (Å²) in [6, 6.07) is 9.23. The van der Waals surface area contributed by atoms with Crippen molar-refractivity contribution >= 4 is 17.5 Å². The highest BCUT2D eigenvalue weighted by Gasteiger charge is 2.40. The zero-order chi connectivity index (χ0) is 13.9. The van der Waals surface area contributed by atoms with Gasteiger partial charge in [0.2, 0.25) is 5.91 Å². The van der Waals surface area contributed by atoms with Crippen molar-refractivity contribution in [1.82, 2.24) is 5.32 Å². The molecule has 0 spiro atoms. The summed E-state index contributed by atoms with van der Waals surface area (Å²) >= 11 is 0. The number of carbonyl (C=O) groups is 2. The van der Waals surface area contributed by atoms with Gasteiger partial charge in [-0.1, -0.05) is 37.5 Å². The van der Waals surface area contributed by atoms with Crippen LogP contribution in [0.15, 0.2) is 30.3 Å². The minimum atomic E-state index is -0.342. The molecule has 4 nitrogen and oxygen atoms in total. The standard InChI is InChI=1S/C16H20N2O2/c19-15-11-14(17-12-7-3-1-4-8-12)16(20)18(15)13-9-5-2-6-10-13/h2,5-6,9-10,12,14,17H,1,3-4,7-8,11H2/t14-/m1/s1. The Morgan fingerprint density at radius 3 is 2.40 bits per heavy atom. The molecular weight excluding hydrogens is 252 g/mol. The summed E-state index contributed by atoms with van der Waals surface area (Å²) in [6.45, 7) is 0. The third kappa shape index (κ3) is 2.61. The fraction of sp³-hybridized carbons (Fsp3) is 0.500. The third-order valence-corrected chi connectivity index (χ3v) is 4.20. The highest BCUT2D eigenvalue weighted by Crippen LogP contribution is 2.24. The molecular formula is C16H20N2O2. The molecule has 3 rings (SSSR count). The van der Waals surface area contributed by atoms with Crippen LogP contribution >= 0.6 is 0 Å². The van der Waals surface area contributed by atoms with Gasteiger partial charge in [-0.15, -0.1) is 0 Å². The van der Waals surface area contributed by atoms with E-state index >= 15 is 0 Å². The first-order valence-corrected chi connectivity index (χ1v) is 7.43. The fourth-order valence-corrected chi connectivity index (χ4v) is 3.16. The summed E-state index contributed by atoms with van der Waals surface area (Å²) in [6.07, 6.45) is 6.23. The molecule has 1 aliphatic heterocycles. The van der Waals surface area contributed by atoms with Crippen LogP contribution in [0.5, 0.6) is 0 Å². The Labute approximate surface area is 119 Å². The highest BCUT2D eigenvalue weighted by atomic mass is 16.2. The van der Waals surface area contributed by atoms with Crippen LogP contribution in [0.1, 0.15) is 38.5 Å². The number of nitrogens with one attached hydrogen (secondary N) is 1. The van der Waals surface area contributed by atoms with Gasteiger partial charge in [-0.25, -0.2) is 4.90 Å². The van der Waals surface area contributed by atoms with Crippen LogP contribution in [0.4, 0.5) is 5.69 Å². The number of hydrogen-bond acceptors (Lipinski definition) is 3. The molecule has 1 heterocycles. The number of nitrogens with zero attached hydrogens (tertiary/aromatic N) is 1. The zero-order valence-electron chi connectivity index (χ0n) is 11.5. The minimum Gasteiger partial charge on any atom is -0.303 e. The summed E-state index contributed by atoms with van der Waals surface area (Å²) in [4.78, 5) is 25.9. The lowest BCUT2D eigenvalue weighted by Crippen LogP contribution is -2.44. The summed E-state index contributed by atoms with van der Waals surface area (Å²) in [5.41, 5.74) is 0.676. The SMILES string of the molecule is O=C1C[C@@H](NC2CCCCC2)C(=O)N1c1ccccc1. The number of amides is 2. The van der Waals surface area contributed by atoms with Gasteiger partial charge in [-0.2, -0.15) is 0 Å². The second-order valence-corrected chi connectivity index (χ2v) is 5.66. The Hall–Kier alpha value is -1.68. The van der Waals surface area contributed by atoms with E-state index in [4.69, 9.17) is 0 Å². The number of benzene rings is 1. The Kier molecular flexibility index (Phi) is 3.83. The van der Waals surface area contributed by atoms with Crippen LogP contribution in [0.3, 0.4) is 0 Å². The third-order valence-electron chi connectivity index (χ3n) is 4.20. The lowest BCUT2D eigenvalue weighted by atomic mass is 9.95. The first-order valence-electron chi connectivity index (χ1n) is 7.43. The smallest absolute Gasteiger partial charge is 0.251 e. The second-order valence-electron chi connectivity index (χ2n) is 5.66. The van der Waals surface area contributed by atoms with Crippen LogP contribution in [-0.2, 0) is 9.59 Å². The molecule has 4 heteroatoms. The van der Waals surface area contributed by atoms with Gasteiger partial charge >= 0.3 is 0 Å². The molecule has 20 heavy (non-hydrogen) atoms. The molecule has 1 aromatic rings. The van der Waals surface area contributed by atoms with Crippen molar-refractivity contribution in [2.45, 2.75) is 50.6 Å². The van der Waals surface area contributed by atoms with Gasteiger partial charge < -0.3 is 5.32 Å². The summed E-state index contributed by atoms with van der Waals surface area (Å²) in [7, 11) is 0. The first-order chi connectivity index (χ1) is 9.75. The maximum atomic E-state index is 12.4. The molecule has 0 bridgehead atoms. The minimum absolute atomic E-state index is 0.102. The molecule has 2 fully saturated rings. The zero-order valence-corrected chi connectivity index (χ0v) is 11.5. The Bertz CT molecular complexity index is 494. The van der Waals surface area contributed by atoms with E-state index in [0.29, 0.717) is 11.7 Å². The second kappa shape index (κ2) is 5.75. The van der Waals surface area contributed by atoms with Crippen LogP contribution in [-0.4, -0.2) is 23.9 Å². The normalized spacial score (nSPS) is 24.4. The topological polar surface area (TPSA) is 49.4 Å². The van der Waals surface area contributed by atoms with Crippen molar-refractivity contribution in [2.24, 2.45) is 0 Å². The van der Waals surface area contributed by atoms with Crippen molar-refractivity contribution in [3.63, 3.8) is 0 Å². The largest absolute Gasteiger partial charge is 0.303 e. The van der Waals surface area contributed by atoms with Crippen molar-refractivity contribution in [3.8, 4) is 0 Å². The molecule has 106 valence electrons. The molecule has 0 aromatic heterocycles. The average molecular weight is 272 g/mol. The van der Waals surface area contributed by atoms with Crippen molar-refractivity contribution in [3.05, 3.63) is 30.3 Å². The number of para-hydroxylation sites is 1. The van der Waals surface area contributed by atoms with Crippen LogP contribution in [0.25, 0.3) is 0 Å². The molecule has 1 saturated carbocycles. The Morgan fingerprint density at radius 1 is 1.00 bits per heavy atom. The average Bonchev–Trinajstić information content (AvgIpc) is 2.75. The quantitative estimate of drug-likeness (QED) is 0.859. The van der Waals surface area contributed by atoms with Crippen molar-refractivity contribution in [2.75, 3.05) is 4.90 Å². The number of hydrogen-bond donors (Lipinski definition) is 1. The van der Waals surface area contributed by atoms with E-state index in [9.17, 15) is 9.59 Å². The predicted octanol–water partition coefficient (Wildman–Crippen LogP) is 2.24. The van der Waals surface area contributed by atoms with Gasteiger partial charge in [-0.05, 0) is 25.0 Å². The Morgan fingerprint density at radius 2 is 1.70 bits per heavy atom. The highest BCUT2D eigenvalue weighted by molar-refractivity contribution is 6.22. The van der Waals surface area contributed by atoms with Gasteiger partial charge in [0.1, 0.15) is 0 Å². The first kappa shape index (κ1) is 13.3. The molecule has 1 aromatic carbocycles. The predicted molar refractivity (Wildman–Crippen MR) is 77.3 cm³/mol. The molecule has 1 N–H and O–H groups in total. The lowest BCUT2D eigenvalue weighted by Gasteiger charge is -2.25.